The molecule has 42 nitrogen and oxygen atoms in total. The van der Waals surface area contributed by atoms with Crippen LogP contribution in [0.1, 0.15) is 130 Å². The molecule has 0 saturated carbocycles. The number of primary amides is 4. The van der Waals surface area contributed by atoms with Crippen LogP contribution < -0.4 is 96.5 Å². The van der Waals surface area contributed by atoms with E-state index in [0.29, 0.717) is 44.3 Å². The Labute approximate surface area is 681 Å². The number of ether oxygens (including phenoxy) is 3. The fraction of sp³-hybridized carbons (Fsp3) is 0.448. The van der Waals surface area contributed by atoms with E-state index < -0.39 is 165 Å². The van der Waals surface area contributed by atoms with Crippen LogP contribution in [0.5, 0.6) is 23.0 Å². The van der Waals surface area contributed by atoms with E-state index in [4.69, 9.17) is 48.6 Å². The lowest BCUT2D eigenvalue weighted by Gasteiger charge is -2.27. The number of carbonyl (C=O) groups is 13. The quantitative estimate of drug-likeness (QED) is 0.0246. The molecule has 4 aromatic rings. The molecule has 0 bridgehead atoms. The Morgan fingerprint density at radius 3 is 1.23 bits per heavy atom. The Kier molecular flexibility index (Phi) is 40.9. The van der Waals surface area contributed by atoms with E-state index in [-0.39, 0.29) is 142 Å². The Morgan fingerprint density at radius 2 is 0.857 bits per heavy atom. The van der Waals surface area contributed by atoms with E-state index in [9.17, 15) is 103 Å². The number of rotatable bonds is 19. The molecule has 0 aromatic heterocycles. The van der Waals surface area contributed by atoms with Crippen LogP contribution in [0.4, 0.5) is 17.1 Å². The number of halogens is 3. The van der Waals surface area contributed by atoms with E-state index in [1.165, 1.54) is 37.3 Å². The molecule has 45 heteroatoms. The van der Waals surface area contributed by atoms with Crippen LogP contribution in [0.3, 0.4) is 0 Å². The molecule has 0 spiro atoms. The maximum Gasteiger partial charge on any atom is 0.271 e. The number of aromatic hydroxyl groups is 1. The van der Waals surface area contributed by atoms with E-state index in [1.54, 1.807) is 79.9 Å². The van der Waals surface area contributed by atoms with Gasteiger partial charge in [0.05, 0.1) is 81.1 Å². The van der Waals surface area contributed by atoms with Gasteiger partial charge in [-0.05, 0) is 144 Å². The summed E-state index contributed by atoms with van der Waals surface area (Å²) in [6.45, 7) is 0.932. The summed E-state index contributed by atoms with van der Waals surface area (Å²) in [5.74, 6) is -10.8. The zero-order valence-electron chi connectivity index (χ0n) is 57.8. The molecule has 3 aliphatic heterocycles. The second-order valence-corrected chi connectivity index (χ2v) is 27.7. The van der Waals surface area contributed by atoms with Crippen LogP contribution >= 0.6 is 67.8 Å². The lowest BCUT2D eigenvalue weighted by Crippen LogP contribution is -2.59. The number of phenols is 1. The number of aliphatic hydroxyl groups is 1. The number of nitro groups is 3. The van der Waals surface area contributed by atoms with Crippen LogP contribution in [0.15, 0.2) is 60.7 Å². The number of hydrogen-bond donors (Lipinski definition) is 17. The molecule has 0 fully saturated rings. The minimum Gasteiger partial charge on any atom is -0.508 e. The molecule has 112 heavy (non-hydrogen) atoms. The zero-order valence-corrected chi connectivity index (χ0v) is 64.3. The molecule has 3 heterocycles. The van der Waals surface area contributed by atoms with Crippen molar-refractivity contribution in [2.45, 2.75) is 154 Å². The third-order valence-corrected chi connectivity index (χ3v) is 18.5. The molecule has 23 N–H and O–H groups in total. The van der Waals surface area contributed by atoms with Crippen LogP contribution in [0.25, 0.3) is 0 Å². The fourth-order valence-electron chi connectivity index (χ4n) is 10.4. The van der Waals surface area contributed by atoms with Crippen molar-refractivity contribution in [1.29, 1.82) is 0 Å². The molecule has 0 aliphatic carbocycles. The smallest absolute Gasteiger partial charge is 0.271 e. The lowest BCUT2D eigenvalue weighted by atomic mass is 10.0. The molecule has 2 unspecified atom stereocenters. The van der Waals surface area contributed by atoms with Gasteiger partial charge in [-0.3, -0.25) is 92.7 Å². The number of nitro benzene ring substituents is 3. The molecule has 0 radical (unpaired) electrons. The number of nitrogens with two attached hydrogens (primary N) is 6. The number of amides is 13. The van der Waals surface area contributed by atoms with Crippen molar-refractivity contribution in [3.05, 3.63) is 124 Å². The van der Waals surface area contributed by atoms with Crippen molar-refractivity contribution in [3.63, 3.8) is 0 Å². The number of non-ortho nitro benzene ring substituents is 3. The van der Waals surface area contributed by atoms with Crippen molar-refractivity contribution in [2.24, 2.45) is 34.4 Å². The van der Waals surface area contributed by atoms with Gasteiger partial charge in [-0.25, -0.2) is 0 Å². The van der Waals surface area contributed by atoms with Crippen LogP contribution in [0, 0.1) is 41.1 Å². The van der Waals surface area contributed by atoms with E-state index >= 15 is 0 Å². The minimum absolute atomic E-state index is 0. The van der Waals surface area contributed by atoms with Gasteiger partial charge in [-0.2, -0.15) is 0 Å². The third kappa shape index (κ3) is 29.6. The number of benzene rings is 4. The molecule has 7 rings (SSSR count). The average molecular weight is 1910 g/mol. The number of nitrogens with zero attached hydrogens (tertiary/aromatic N) is 3. The summed E-state index contributed by atoms with van der Waals surface area (Å²) in [5.41, 5.74) is 31.3. The van der Waals surface area contributed by atoms with Gasteiger partial charge in [0, 0.05) is 62.1 Å². The summed E-state index contributed by atoms with van der Waals surface area (Å²) in [7, 11) is 0. The van der Waals surface area contributed by atoms with Gasteiger partial charge in [0.1, 0.15) is 71.3 Å². The SMILES string of the molecule is C.C.C.CC(O)C1NC(=O)[C@H](CCCCN)NC(=O)c2cc([N+](=O)[O-])cc(I)c2OCC[C@@H](C(N)=O)NC1=O.NC(=O)[C@@H]1CCOc2c(I)cc([N+](=O)[O-])cc2C(=O)N[C@@H](Cc2ccc(O)cc2)C(=O)NCC(=O)N1.NCCCC[C@@H]1NC(=O)[C@H](CC(N)=O)NC(=O)c2cc([N+](=O)[O-])cc(I)c2OCC[C@@H](C(N)=O)NC1=O. The van der Waals surface area contributed by atoms with Crippen molar-refractivity contribution in [3.8, 4) is 23.0 Å². The standard InChI is InChI=1S/C22H22IN5O8.C21H28IN7O8.C21H29IN6O8.3CH4/c23-15-9-12(28(34)35)8-14-19(15)36-6-5-16(20(24)31)26-18(30)10-25-22(33)17(27-21(14)32)7-11-1-3-13(29)4-2-11;22-12-8-10(29(35)36)7-11-17(12)37-6-4-13(18(25)31)26-20(33)14(3-1-2-5-23)27-21(34)15(9-16(24)30)28-19(11)32;1-10(29)16-21(33)25-14(18(24)30)5-7-36-17-12(8-11(28(34)35)9-13(17)22)19(31)26-15(20(32)27-16)4-2-3-6-23;;;/h1-4,8-9,16-17,29H,5-7,10H2,(H2,24,31)(H,25,33)(H,26,30)(H,27,32);7-8,13-15H,1-6,9,23H2,(H2,24,30)(H2,25,31)(H,26,33)(H,27,34)(H,28,32);8-10,14-16,29H,2-7,23H2,1H3,(H2,24,30)(H,25,33)(H,26,31)(H,27,32);3*1H4/t16-,17-;13-,14-,15-;10?,14-,15-,16?;;;/m000.../s1. The number of fused-ring (bicyclic) bond motifs is 3. The van der Waals surface area contributed by atoms with Crippen molar-refractivity contribution in [2.75, 3.05) is 39.5 Å². The highest BCUT2D eigenvalue weighted by Gasteiger charge is 2.37. The second-order valence-electron chi connectivity index (χ2n) is 24.2. The van der Waals surface area contributed by atoms with Gasteiger partial charge in [0.25, 0.3) is 34.8 Å². The summed E-state index contributed by atoms with van der Waals surface area (Å²) in [6, 6.07) is 2.53. The van der Waals surface area contributed by atoms with Gasteiger partial charge < -0.3 is 107 Å². The van der Waals surface area contributed by atoms with Crippen LogP contribution in [-0.2, 0) is 54.4 Å². The first-order chi connectivity index (χ1) is 51.4. The maximum atomic E-state index is 13.2. The van der Waals surface area contributed by atoms with E-state index in [0.717, 1.165) is 18.2 Å². The number of phenolic OH excluding ortho intramolecular Hbond substituents is 1. The second kappa shape index (κ2) is 47.0. The Hall–Kier alpha value is -10.5. The summed E-state index contributed by atoms with van der Waals surface area (Å²) in [5, 5.41) is 75.8. The van der Waals surface area contributed by atoms with E-state index in [1.807, 2.05) is 0 Å². The largest absolute Gasteiger partial charge is 0.508 e. The average Bonchev–Trinajstić information content (AvgIpc) is 0.814. The van der Waals surface area contributed by atoms with Crippen molar-refractivity contribution < 1.29 is 102 Å². The third-order valence-electron chi connectivity index (χ3n) is 16.1. The van der Waals surface area contributed by atoms with Crippen LogP contribution in [0.2, 0.25) is 0 Å². The zero-order chi connectivity index (χ0) is 81.1. The van der Waals surface area contributed by atoms with Gasteiger partial charge in [0.15, 0.2) is 0 Å². The lowest BCUT2D eigenvalue weighted by molar-refractivity contribution is -0.385. The molecule has 3 aliphatic rings. The first-order valence-corrected chi connectivity index (χ1v) is 36.2. The first-order valence-electron chi connectivity index (χ1n) is 33.0. The highest BCUT2D eigenvalue weighted by atomic mass is 127. The van der Waals surface area contributed by atoms with E-state index in [2.05, 4.69) is 47.9 Å². The Bertz CT molecular complexity index is 4120. The molecule has 13 amide bonds. The monoisotopic (exact) mass is 1910 g/mol. The summed E-state index contributed by atoms with van der Waals surface area (Å²) in [6.07, 6.45) is 0.0000881. The van der Waals surface area contributed by atoms with Gasteiger partial charge in [0.2, 0.25) is 59.1 Å². The predicted molar refractivity (Wildman–Crippen MR) is 425 cm³/mol. The van der Waals surface area contributed by atoms with Crippen LogP contribution in [-0.4, -0.2) is 196 Å². The Balaban J connectivity index is 0.000000563. The summed E-state index contributed by atoms with van der Waals surface area (Å²) in [4.78, 5) is 196. The highest BCUT2D eigenvalue weighted by molar-refractivity contribution is 14.1. The van der Waals surface area contributed by atoms with Crippen molar-refractivity contribution >= 4 is 162 Å². The number of unbranched alkanes of at least 4 members (excludes halogenated alkanes) is 2. The first kappa shape index (κ1) is 97.5. The number of aliphatic hydroxyl groups excluding tert-OH is 1. The maximum absolute atomic E-state index is 13.2. The Morgan fingerprint density at radius 1 is 0.500 bits per heavy atom. The minimum atomic E-state index is -1.52. The number of carbonyl (C=O) groups excluding carboxylic acids is 13. The summed E-state index contributed by atoms with van der Waals surface area (Å²) < 4.78 is 17.8. The highest BCUT2D eigenvalue weighted by Crippen LogP contribution is 2.35. The fourth-order valence-corrected chi connectivity index (χ4v) is 12.7. The van der Waals surface area contributed by atoms with Crippen molar-refractivity contribution in [1.82, 2.24) is 47.9 Å². The molecule has 4 aromatic carbocycles. The molecule has 614 valence electrons. The normalized spacial score (nSPS) is 20.1. The topological polar surface area (TPSA) is 684 Å². The molecular formula is C67H91I3N18O24. The number of nitrogens with one attached hydrogen (secondary N) is 9. The van der Waals surface area contributed by atoms with Gasteiger partial charge in [-0.15, -0.1) is 0 Å². The summed E-state index contributed by atoms with van der Waals surface area (Å²) >= 11 is 5.28. The molecule has 9 atom stereocenters. The molecular weight excluding hydrogens is 1820 g/mol. The number of hydrogen-bond acceptors (Lipinski definition) is 26. The van der Waals surface area contributed by atoms with Gasteiger partial charge in [-0.1, -0.05) is 34.4 Å². The molecule has 0 saturated heterocycles. The van der Waals surface area contributed by atoms with Gasteiger partial charge >= 0.3 is 0 Å². The predicted octanol–water partition coefficient (Wildman–Crippen LogP) is -0.392.